The molecule has 5 nitrogen and oxygen atoms in total. The first-order valence-corrected chi connectivity index (χ1v) is 9.50. The fraction of sp³-hybridized carbons (Fsp3) is 0.125. The molecule has 0 atom stereocenters. The Morgan fingerprint density at radius 2 is 2.00 bits per heavy atom. The molecule has 1 aromatic heterocycles. The summed E-state index contributed by atoms with van der Waals surface area (Å²) in [5, 5.41) is 18.0. The summed E-state index contributed by atoms with van der Waals surface area (Å²) in [5.41, 5.74) is 3.20. The topological polar surface area (TPSA) is 64.6 Å². The molecular formula is C16H12N5NaS3. The summed E-state index contributed by atoms with van der Waals surface area (Å²) in [4.78, 5) is 7.30. The Kier molecular flexibility index (Phi) is 7.31. The van der Waals surface area contributed by atoms with E-state index in [9.17, 15) is 0 Å². The average Bonchev–Trinajstić information content (AvgIpc) is 3.01. The maximum atomic E-state index is 8.95. The van der Waals surface area contributed by atoms with E-state index in [0.717, 1.165) is 26.5 Å². The number of rotatable bonds is 4. The number of nitrogens with zero attached hydrogens (tertiary/aromatic N) is 5. The van der Waals surface area contributed by atoms with Crippen LogP contribution in [0.4, 0.5) is 16.5 Å². The van der Waals surface area contributed by atoms with Gasteiger partial charge < -0.3 is 16.6 Å². The first kappa shape index (κ1) is 20.2. The van der Waals surface area contributed by atoms with Crippen molar-refractivity contribution in [3.05, 3.63) is 42.0 Å². The van der Waals surface area contributed by atoms with Crippen molar-refractivity contribution >= 4 is 60.5 Å². The summed E-state index contributed by atoms with van der Waals surface area (Å²) in [6.07, 6.45) is 0. The summed E-state index contributed by atoms with van der Waals surface area (Å²) in [7, 11) is 5.18. The Labute approximate surface area is 181 Å². The van der Waals surface area contributed by atoms with Gasteiger partial charge in [-0.25, -0.2) is 4.98 Å². The Morgan fingerprint density at radius 1 is 1.20 bits per heavy atom. The molecule has 25 heavy (non-hydrogen) atoms. The third-order valence-electron chi connectivity index (χ3n) is 3.30. The molecule has 0 amide bonds. The van der Waals surface area contributed by atoms with Crippen molar-refractivity contribution in [2.24, 2.45) is 10.2 Å². The molecule has 0 saturated heterocycles. The monoisotopic (exact) mass is 393 g/mol. The average molecular weight is 393 g/mol. The van der Waals surface area contributed by atoms with Crippen LogP contribution in [0.5, 0.6) is 0 Å². The minimum atomic E-state index is 0. The molecule has 0 spiro atoms. The normalized spacial score (nSPS) is 10.6. The van der Waals surface area contributed by atoms with Gasteiger partial charge in [-0.05, 0) is 36.4 Å². The summed E-state index contributed by atoms with van der Waals surface area (Å²) in [6, 6.07) is 13.4. The Hall–Kier alpha value is -1.08. The Balaban J connectivity index is 0.00000225. The van der Waals surface area contributed by atoms with Crippen LogP contribution < -0.4 is 34.5 Å². The number of azo groups is 1. The first-order chi connectivity index (χ1) is 11.6. The molecule has 3 aromatic rings. The molecule has 0 aliphatic rings. The zero-order valence-corrected chi connectivity index (χ0v) is 18.4. The van der Waals surface area contributed by atoms with Crippen LogP contribution in [0.15, 0.2) is 51.5 Å². The van der Waals surface area contributed by atoms with Crippen LogP contribution in [-0.2, 0) is 11.7 Å². The number of aromatic nitrogens is 1. The van der Waals surface area contributed by atoms with Gasteiger partial charge in [0.2, 0.25) is 5.13 Å². The smallest absolute Gasteiger partial charge is 0.714 e. The van der Waals surface area contributed by atoms with E-state index in [2.05, 4.69) is 21.3 Å². The first-order valence-electron chi connectivity index (χ1n) is 6.94. The van der Waals surface area contributed by atoms with Crippen molar-refractivity contribution in [3.63, 3.8) is 0 Å². The zero-order chi connectivity index (χ0) is 17.1. The number of hydrogen-bond acceptors (Lipinski definition) is 8. The van der Waals surface area contributed by atoms with Crippen molar-refractivity contribution in [2.75, 3.05) is 19.0 Å². The SMILES string of the molecule is CN(C)c1ccc(N=Nc2nc3ccc(C#N)cc3s2)c(S[S-])c1.[Na+]. The molecule has 2 aromatic carbocycles. The van der Waals surface area contributed by atoms with E-state index in [1.54, 1.807) is 6.07 Å². The quantitative estimate of drug-likeness (QED) is 0.294. The van der Waals surface area contributed by atoms with Gasteiger partial charge in [0, 0.05) is 24.7 Å². The van der Waals surface area contributed by atoms with Gasteiger partial charge >= 0.3 is 29.6 Å². The molecule has 9 heteroatoms. The second kappa shape index (κ2) is 9.03. The zero-order valence-electron chi connectivity index (χ0n) is 13.9. The summed E-state index contributed by atoms with van der Waals surface area (Å²) >= 11 is 6.52. The maximum absolute atomic E-state index is 8.95. The van der Waals surface area contributed by atoms with E-state index in [1.807, 2.05) is 49.3 Å². The third kappa shape index (κ3) is 4.76. The van der Waals surface area contributed by atoms with Crippen LogP contribution in [0.2, 0.25) is 0 Å². The number of nitriles is 1. The van der Waals surface area contributed by atoms with E-state index in [0.29, 0.717) is 10.7 Å². The van der Waals surface area contributed by atoms with Crippen LogP contribution in [0.25, 0.3) is 10.2 Å². The van der Waals surface area contributed by atoms with Gasteiger partial charge in [0.1, 0.15) is 0 Å². The van der Waals surface area contributed by atoms with E-state index >= 15 is 0 Å². The van der Waals surface area contributed by atoms with E-state index < -0.39 is 0 Å². The van der Waals surface area contributed by atoms with Crippen molar-refractivity contribution in [2.45, 2.75) is 4.90 Å². The molecule has 0 N–H and O–H groups in total. The van der Waals surface area contributed by atoms with Crippen molar-refractivity contribution in [1.29, 1.82) is 5.26 Å². The summed E-state index contributed by atoms with van der Waals surface area (Å²) < 4.78 is 0.920. The molecule has 0 bridgehead atoms. The van der Waals surface area contributed by atoms with Crippen LogP contribution in [0, 0.1) is 11.3 Å². The van der Waals surface area contributed by atoms with Gasteiger partial charge in [-0.1, -0.05) is 11.3 Å². The van der Waals surface area contributed by atoms with Gasteiger partial charge in [-0.15, -0.1) is 10.2 Å². The van der Waals surface area contributed by atoms with Crippen LogP contribution in [0.3, 0.4) is 0 Å². The van der Waals surface area contributed by atoms with Crippen molar-refractivity contribution in [1.82, 2.24) is 4.98 Å². The van der Waals surface area contributed by atoms with Gasteiger partial charge in [-0.2, -0.15) is 5.26 Å². The van der Waals surface area contributed by atoms with E-state index in [4.69, 9.17) is 16.9 Å². The van der Waals surface area contributed by atoms with E-state index in [-0.39, 0.29) is 29.6 Å². The van der Waals surface area contributed by atoms with Gasteiger partial charge in [0.15, 0.2) is 0 Å². The minimum Gasteiger partial charge on any atom is -0.714 e. The number of anilines is 1. The van der Waals surface area contributed by atoms with E-state index in [1.165, 1.54) is 22.1 Å². The minimum absolute atomic E-state index is 0. The number of fused-ring (bicyclic) bond motifs is 1. The maximum Gasteiger partial charge on any atom is 1.00 e. The number of benzene rings is 2. The van der Waals surface area contributed by atoms with Crippen molar-refractivity contribution in [3.8, 4) is 6.07 Å². The second-order valence-electron chi connectivity index (χ2n) is 5.12. The molecule has 1 heterocycles. The molecule has 0 radical (unpaired) electrons. The van der Waals surface area contributed by atoms with Crippen LogP contribution >= 0.6 is 22.1 Å². The molecule has 120 valence electrons. The molecule has 0 aliphatic carbocycles. The molecule has 0 aliphatic heterocycles. The molecule has 0 fully saturated rings. The van der Waals surface area contributed by atoms with Gasteiger partial charge in [0.25, 0.3) is 0 Å². The predicted octanol–water partition coefficient (Wildman–Crippen LogP) is 2.21. The standard InChI is InChI=1S/C16H13N5S3.Na/c1-21(2)11-4-6-13(15(8-11)24-22)19-20-16-18-12-5-3-10(9-17)7-14(12)23-16;/h3-8,22H,1-2H3;/q;+1/p-1. The molecular weight excluding hydrogens is 381 g/mol. The summed E-state index contributed by atoms with van der Waals surface area (Å²) in [6.45, 7) is 0. The summed E-state index contributed by atoms with van der Waals surface area (Å²) in [5.74, 6) is 0. The fourth-order valence-electron chi connectivity index (χ4n) is 2.05. The Bertz CT molecular complexity index is 962. The van der Waals surface area contributed by atoms with Crippen LogP contribution in [-0.4, -0.2) is 19.1 Å². The number of hydrogen-bond donors (Lipinski definition) is 0. The van der Waals surface area contributed by atoms with Crippen molar-refractivity contribution < 1.29 is 29.6 Å². The second-order valence-corrected chi connectivity index (χ2v) is 7.24. The van der Waals surface area contributed by atoms with Crippen LogP contribution in [0.1, 0.15) is 5.56 Å². The third-order valence-corrected chi connectivity index (χ3v) is 5.25. The largest absolute Gasteiger partial charge is 1.00 e. The molecule has 0 saturated carbocycles. The van der Waals surface area contributed by atoms with Gasteiger partial charge in [-0.3, -0.25) is 10.8 Å². The molecule has 3 rings (SSSR count). The number of thiazole rings is 1. The fourth-order valence-corrected chi connectivity index (χ4v) is 3.64. The molecule has 0 unspecified atom stereocenters. The Morgan fingerprint density at radius 3 is 2.68 bits per heavy atom. The van der Waals surface area contributed by atoms with Gasteiger partial charge in [0.05, 0.1) is 27.5 Å². The predicted molar refractivity (Wildman–Crippen MR) is 103 cm³/mol.